The molecule has 0 fully saturated rings. The molecule has 2 N–H and O–H groups in total. The van der Waals surface area contributed by atoms with Crippen molar-refractivity contribution in [3.8, 4) is 0 Å². The van der Waals surface area contributed by atoms with Crippen LogP contribution in [0.4, 0.5) is 9.18 Å². The van der Waals surface area contributed by atoms with Crippen LogP contribution in [0.25, 0.3) is 0 Å². The maximum absolute atomic E-state index is 14.1. The minimum atomic E-state index is -2.21. The molecule has 0 radical (unpaired) electrons. The molecule has 0 spiro atoms. The Kier molecular flexibility index (Phi) is 8.65. The fourth-order valence-electron chi connectivity index (χ4n) is 2.33. The number of hydrogen-bond donors (Lipinski definition) is 2. The van der Waals surface area contributed by atoms with Crippen molar-refractivity contribution in [3.05, 3.63) is 28.8 Å². The molecule has 0 bridgehead atoms. The maximum atomic E-state index is 14.1. The summed E-state index contributed by atoms with van der Waals surface area (Å²) in [6.07, 6.45) is -2.18. The molecule has 0 aliphatic carbocycles. The number of aliphatic hydroxyl groups excluding tert-OH is 1. The number of amides is 1. The highest BCUT2D eigenvalue weighted by Crippen LogP contribution is 2.38. The number of halogens is 2. The molecule has 0 aliphatic rings. The number of nitrogens with zero attached hydrogens (tertiary/aromatic N) is 1. The SMILES string of the molecule is CC(C)(C)OC(=O)NCC(CC(O)c1ccc(Cl)nc1F)O[Si-](C)(C)C(C)(C)C. The predicted molar refractivity (Wildman–Crippen MR) is 115 cm³/mol. The standard InChI is InChI=1S/C20H34ClFN2O4Si/c1-19(2,3)27-18(26)23-12-13(28-29(7,8)20(4,5)6)11-15(25)14-9-10-16(21)24-17(14)22/h9-10,13,15,25H,11-12H2,1-8H3,(H,23,26)/q-1. The third-order valence-corrected chi connectivity index (χ3v) is 9.57. The Labute approximate surface area is 179 Å². The Balaban J connectivity index is 2.95. The van der Waals surface area contributed by atoms with E-state index >= 15 is 0 Å². The number of ether oxygens (including phenoxy) is 1. The van der Waals surface area contributed by atoms with E-state index in [0.29, 0.717) is 0 Å². The van der Waals surface area contributed by atoms with Gasteiger partial charge in [0.05, 0.1) is 6.10 Å². The van der Waals surface area contributed by atoms with Crippen molar-refractivity contribution in [2.75, 3.05) is 6.54 Å². The molecule has 1 amide bonds. The number of nitrogens with one attached hydrogen (secondary N) is 1. The van der Waals surface area contributed by atoms with Gasteiger partial charge in [-0.3, -0.25) is 0 Å². The van der Waals surface area contributed by atoms with Crippen molar-refractivity contribution in [3.63, 3.8) is 0 Å². The third-order valence-electron chi connectivity index (χ3n) is 4.83. The Hall–Kier alpha value is -1.22. The Bertz CT molecular complexity index is 705. The first-order valence-corrected chi connectivity index (χ1v) is 12.9. The summed E-state index contributed by atoms with van der Waals surface area (Å²) in [7, 11) is -2.21. The molecule has 0 aromatic carbocycles. The molecule has 9 heteroatoms. The molecule has 6 nitrogen and oxygen atoms in total. The van der Waals surface area contributed by atoms with Crippen LogP contribution in [0.5, 0.6) is 0 Å². The summed E-state index contributed by atoms with van der Waals surface area (Å²) in [6, 6.07) is 2.83. The van der Waals surface area contributed by atoms with Crippen LogP contribution in [0, 0.1) is 5.95 Å². The van der Waals surface area contributed by atoms with Crippen LogP contribution in [0.1, 0.15) is 59.6 Å². The first kappa shape index (κ1) is 25.8. The fourth-order valence-corrected chi connectivity index (χ4v) is 3.83. The van der Waals surface area contributed by atoms with E-state index in [2.05, 4.69) is 44.2 Å². The largest absolute Gasteiger partial charge is 0.561 e. The highest BCUT2D eigenvalue weighted by molar-refractivity contribution is 6.74. The summed E-state index contributed by atoms with van der Waals surface area (Å²) in [4.78, 5) is 15.6. The number of rotatable bonds is 7. The van der Waals surface area contributed by atoms with Gasteiger partial charge in [-0.25, -0.2) is 9.78 Å². The second-order valence-corrected chi connectivity index (χ2v) is 14.8. The monoisotopic (exact) mass is 448 g/mol. The highest BCUT2D eigenvalue weighted by atomic mass is 35.5. The molecule has 167 valence electrons. The summed E-state index contributed by atoms with van der Waals surface area (Å²) >= 11 is 5.69. The van der Waals surface area contributed by atoms with Crippen molar-refractivity contribution in [1.82, 2.24) is 10.3 Å². The lowest BCUT2D eigenvalue weighted by molar-refractivity contribution is 0.0450. The van der Waals surface area contributed by atoms with Gasteiger partial charge in [0.2, 0.25) is 5.95 Å². The topological polar surface area (TPSA) is 80.7 Å². The molecule has 0 saturated heterocycles. The van der Waals surface area contributed by atoms with Crippen molar-refractivity contribution in [2.24, 2.45) is 0 Å². The van der Waals surface area contributed by atoms with E-state index in [1.54, 1.807) is 20.8 Å². The summed E-state index contributed by atoms with van der Waals surface area (Å²) < 4.78 is 25.7. The fraction of sp³-hybridized carbons (Fsp3) is 0.700. The van der Waals surface area contributed by atoms with Crippen LogP contribution in [-0.4, -0.2) is 42.8 Å². The average molecular weight is 449 g/mol. The van der Waals surface area contributed by atoms with E-state index in [1.807, 2.05) is 0 Å². The van der Waals surface area contributed by atoms with E-state index < -0.39 is 38.2 Å². The van der Waals surface area contributed by atoms with Gasteiger partial charge >= 0.3 is 6.09 Å². The number of alkyl carbamates (subject to hydrolysis) is 1. The summed E-state index contributed by atoms with van der Waals surface area (Å²) in [6.45, 7) is 15.9. The first-order valence-electron chi connectivity index (χ1n) is 9.66. The van der Waals surface area contributed by atoms with Gasteiger partial charge in [-0.05, 0) is 41.2 Å². The van der Waals surface area contributed by atoms with Gasteiger partial charge in [-0.1, -0.05) is 32.4 Å². The Morgan fingerprint density at radius 3 is 2.34 bits per heavy atom. The van der Waals surface area contributed by atoms with E-state index in [-0.39, 0.29) is 28.7 Å². The van der Waals surface area contributed by atoms with E-state index in [1.165, 1.54) is 12.1 Å². The molecule has 1 aromatic heterocycles. The summed E-state index contributed by atoms with van der Waals surface area (Å²) in [5.74, 6) is -0.823. The van der Waals surface area contributed by atoms with E-state index in [4.69, 9.17) is 20.8 Å². The molecular weight excluding hydrogens is 415 g/mol. The molecule has 2 atom stereocenters. The van der Waals surface area contributed by atoms with E-state index in [9.17, 15) is 14.3 Å². The van der Waals surface area contributed by atoms with Crippen LogP contribution in [0.15, 0.2) is 12.1 Å². The summed E-state index contributed by atoms with van der Waals surface area (Å²) in [5.41, 5.74) is -0.590. The number of carbonyl (C=O) groups excluding carboxylic acids is 1. The second kappa shape index (κ2) is 9.72. The highest BCUT2D eigenvalue weighted by Gasteiger charge is 2.29. The van der Waals surface area contributed by atoms with Gasteiger partial charge in [0, 0.05) is 24.6 Å². The van der Waals surface area contributed by atoms with Crippen LogP contribution >= 0.6 is 11.6 Å². The molecule has 0 saturated carbocycles. The second-order valence-electron chi connectivity index (χ2n) is 9.65. The molecule has 0 aliphatic heterocycles. The van der Waals surface area contributed by atoms with Crippen LogP contribution in [0.3, 0.4) is 0 Å². The van der Waals surface area contributed by atoms with Gasteiger partial charge in [0.25, 0.3) is 0 Å². The molecular formula is C20H34ClFN2O4Si-. The normalized spacial score (nSPS) is 15.0. The average Bonchev–Trinajstić information content (AvgIpc) is 2.49. The molecule has 1 rings (SSSR count). The number of aromatic nitrogens is 1. The molecule has 29 heavy (non-hydrogen) atoms. The number of carbonyl (C=O) groups is 1. The lowest BCUT2D eigenvalue weighted by Gasteiger charge is -2.51. The van der Waals surface area contributed by atoms with Crippen LogP contribution in [0.2, 0.25) is 23.3 Å². The van der Waals surface area contributed by atoms with Gasteiger partial charge in [0.1, 0.15) is 10.8 Å². The quantitative estimate of drug-likeness (QED) is 0.442. The molecule has 2 unspecified atom stereocenters. The summed E-state index contributed by atoms with van der Waals surface area (Å²) in [5, 5.41) is 13.2. The van der Waals surface area contributed by atoms with Gasteiger partial charge in [0.15, 0.2) is 0 Å². The smallest absolute Gasteiger partial charge is 0.407 e. The van der Waals surface area contributed by atoms with Gasteiger partial charge in [-0.15, -0.1) is 18.1 Å². The minimum absolute atomic E-state index is 0.0131. The minimum Gasteiger partial charge on any atom is -0.561 e. The lowest BCUT2D eigenvalue weighted by atomic mass is 10.0. The molecule has 1 aromatic rings. The van der Waals surface area contributed by atoms with E-state index in [0.717, 1.165) is 0 Å². The Morgan fingerprint density at radius 2 is 1.86 bits per heavy atom. The number of hydrogen-bond acceptors (Lipinski definition) is 5. The van der Waals surface area contributed by atoms with Crippen LogP contribution in [-0.2, 0) is 9.16 Å². The van der Waals surface area contributed by atoms with Gasteiger partial charge in [-0.2, -0.15) is 4.39 Å². The predicted octanol–water partition coefficient (Wildman–Crippen LogP) is 5.21. The zero-order valence-electron chi connectivity index (χ0n) is 18.6. The van der Waals surface area contributed by atoms with Crippen molar-refractivity contribution in [2.45, 2.75) is 83.9 Å². The number of aliphatic hydroxyl groups is 1. The maximum Gasteiger partial charge on any atom is 0.407 e. The number of pyridine rings is 1. The zero-order chi connectivity index (χ0) is 22.6. The van der Waals surface area contributed by atoms with Gasteiger partial charge < -0.3 is 19.6 Å². The van der Waals surface area contributed by atoms with Crippen LogP contribution < -0.4 is 5.32 Å². The third kappa shape index (κ3) is 8.58. The molecule has 1 heterocycles. The van der Waals surface area contributed by atoms with Crippen molar-refractivity contribution < 1.29 is 23.5 Å². The first-order chi connectivity index (χ1) is 13.0. The Morgan fingerprint density at radius 1 is 1.28 bits per heavy atom. The van der Waals surface area contributed by atoms with Crippen molar-refractivity contribution in [1.29, 1.82) is 0 Å². The zero-order valence-corrected chi connectivity index (χ0v) is 20.4. The van der Waals surface area contributed by atoms with Crippen molar-refractivity contribution >= 4 is 26.0 Å². The lowest BCUT2D eigenvalue weighted by Crippen LogP contribution is -2.48.